The Kier molecular flexibility index (Phi) is 3.69. The Morgan fingerprint density at radius 3 is 2.76 bits per heavy atom. The smallest absolute Gasteiger partial charge is 0.145 e. The molecule has 2 aromatic rings. The summed E-state index contributed by atoms with van der Waals surface area (Å²) in [6.07, 6.45) is 1.74. The number of hydrogen-bond acceptors (Lipinski definition) is 3. The van der Waals surface area contributed by atoms with Crippen LogP contribution in [0.15, 0.2) is 24.4 Å². The van der Waals surface area contributed by atoms with E-state index in [0.29, 0.717) is 5.02 Å². The van der Waals surface area contributed by atoms with Gasteiger partial charge in [0.2, 0.25) is 0 Å². The first-order chi connectivity index (χ1) is 8.08. The maximum absolute atomic E-state index is 6.08. The quantitative estimate of drug-likeness (QED) is 0.879. The van der Waals surface area contributed by atoms with Crippen LogP contribution >= 0.6 is 22.9 Å². The van der Waals surface area contributed by atoms with E-state index >= 15 is 0 Å². The maximum atomic E-state index is 6.08. The van der Waals surface area contributed by atoms with Crippen molar-refractivity contribution in [2.24, 2.45) is 0 Å². The molecule has 2 aromatic heterocycles. The number of nitrogens with zero attached hydrogens (tertiary/aromatic N) is 1. The minimum absolute atomic E-state index is 0.215. The van der Waals surface area contributed by atoms with Crippen molar-refractivity contribution in [1.82, 2.24) is 4.98 Å². The molecule has 0 fully saturated rings. The van der Waals surface area contributed by atoms with Crippen LogP contribution in [0.3, 0.4) is 0 Å². The summed E-state index contributed by atoms with van der Waals surface area (Å²) in [6.45, 7) is 6.40. The standard InChI is InChI=1S/C13H15ClN2S/c1-8-7-11(10(3)17-8)9(2)16-13-12(14)5-4-6-15-13/h4-7,9H,1-3H3,(H,15,16). The summed E-state index contributed by atoms with van der Waals surface area (Å²) in [6, 6.07) is 6.11. The molecule has 0 aliphatic rings. The summed E-state index contributed by atoms with van der Waals surface area (Å²) < 4.78 is 0. The van der Waals surface area contributed by atoms with Gasteiger partial charge >= 0.3 is 0 Å². The van der Waals surface area contributed by atoms with Crippen molar-refractivity contribution in [3.05, 3.63) is 44.7 Å². The molecule has 17 heavy (non-hydrogen) atoms. The van der Waals surface area contributed by atoms with Crippen LogP contribution in [0.5, 0.6) is 0 Å². The Hall–Kier alpha value is -1.06. The van der Waals surface area contributed by atoms with Crippen LogP contribution in [0.2, 0.25) is 5.02 Å². The summed E-state index contributed by atoms with van der Waals surface area (Å²) in [4.78, 5) is 6.91. The summed E-state index contributed by atoms with van der Waals surface area (Å²) in [5.41, 5.74) is 1.31. The van der Waals surface area contributed by atoms with Crippen LogP contribution in [-0.4, -0.2) is 4.98 Å². The molecule has 0 saturated heterocycles. The third-order valence-corrected chi connectivity index (χ3v) is 3.94. The fourth-order valence-electron chi connectivity index (χ4n) is 1.86. The Balaban J connectivity index is 2.20. The first-order valence-corrected chi connectivity index (χ1v) is 6.71. The van der Waals surface area contributed by atoms with E-state index in [2.05, 4.69) is 37.1 Å². The second-order valence-corrected chi connectivity index (χ2v) is 5.94. The van der Waals surface area contributed by atoms with Gasteiger partial charge in [-0.1, -0.05) is 11.6 Å². The van der Waals surface area contributed by atoms with Gasteiger partial charge < -0.3 is 5.32 Å². The highest BCUT2D eigenvalue weighted by atomic mass is 35.5. The first-order valence-electron chi connectivity index (χ1n) is 5.52. The lowest BCUT2D eigenvalue weighted by Gasteiger charge is -2.15. The zero-order valence-corrected chi connectivity index (χ0v) is 11.7. The number of aryl methyl sites for hydroxylation is 2. The van der Waals surface area contributed by atoms with E-state index in [-0.39, 0.29) is 6.04 Å². The van der Waals surface area contributed by atoms with E-state index < -0.39 is 0 Å². The second kappa shape index (κ2) is 5.07. The van der Waals surface area contributed by atoms with Gasteiger partial charge in [-0.25, -0.2) is 4.98 Å². The van der Waals surface area contributed by atoms with Crippen LogP contribution < -0.4 is 5.32 Å². The molecule has 2 nitrogen and oxygen atoms in total. The molecule has 0 saturated carbocycles. The largest absolute Gasteiger partial charge is 0.362 e. The second-order valence-electron chi connectivity index (χ2n) is 4.07. The van der Waals surface area contributed by atoms with Crippen molar-refractivity contribution < 1.29 is 0 Å². The first kappa shape index (κ1) is 12.4. The molecule has 90 valence electrons. The predicted molar refractivity (Wildman–Crippen MR) is 75.1 cm³/mol. The lowest BCUT2D eigenvalue weighted by atomic mass is 10.1. The summed E-state index contributed by atoms with van der Waals surface area (Å²) >= 11 is 7.90. The third kappa shape index (κ3) is 2.79. The van der Waals surface area contributed by atoms with E-state index in [9.17, 15) is 0 Å². The van der Waals surface area contributed by atoms with Gasteiger partial charge in [0.15, 0.2) is 0 Å². The molecule has 1 atom stereocenters. The predicted octanol–water partition coefficient (Wildman–Crippen LogP) is 4.59. The van der Waals surface area contributed by atoms with E-state index in [0.717, 1.165) is 5.82 Å². The number of pyridine rings is 1. The van der Waals surface area contributed by atoms with Crippen molar-refractivity contribution in [1.29, 1.82) is 0 Å². The highest BCUT2D eigenvalue weighted by Gasteiger charge is 2.12. The van der Waals surface area contributed by atoms with Gasteiger partial charge in [0.05, 0.1) is 11.1 Å². The van der Waals surface area contributed by atoms with Crippen molar-refractivity contribution in [3.63, 3.8) is 0 Å². The summed E-state index contributed by atoms with van der Waals surface area (Å²) in [5, 5.41) is 4.00. The fourth-order valence-corrected chi connectivity index (χ4v) is 3.05. The van der Waals surface area contributed by atoms with Crippen molar-refractivity contribution in [2.75, 3.05) is 5.32 Å². The SMILES string of the molecule is Cc1cc(C(C)Nc2ncccc2Cl)c(C)s1. The van der Waals surface area contributed by atoms with Gasteiger partial charge in [0.1, 0.15) is 5.82 Å². The van der Waals surface area contributed by atoms with Crippen LogP contribution in [0.25, 0.3) is 0 Å². The molecule has 1 unspecified atom stereocenters. The molecule has 4 heteroatoms. The van der Waals surface area contributed by atoms with E-state index in [1.165, 1.54) is 15.3 Å². The molecule has 0 amide bonds. The number of hydrogen-bond donors (Lipinski definition) is 1. The van der Waals surface area contributed by atoms with Gasteiger partial charge in [-0.05, 0) is 44.5 Å². The third-order valence-electron chi connectivity index (χ3n) is 2.66. The molecule has 0 aromatic carbocycles. The molecule has 0 bridgehead atoms. The Morgan fingerprint density at radius 2 is 2.18 bits per heavy atom. The molecule has 2 heterocycles. The molecule has 1 N–H and O–H groups in total. The van der Waals surface area contributed by atoms with E-state index in [1.807, 2.05) is 23.5 Å². The summed E-state index contributed by atoms with van der Waals surface area (Å²) in [5.74, 6) is 0.741. The van der Waals surface area contributed by atoms with E-state index in [1.54, 1.807) is 6.20 Å². The molecule has 0 spiro atoms. The lowest BCUT2D eigenvalue weighted by molar-refractivity contribution is 0.872. The zero-order chi connectivity index (χ0) is 12.4. The van der Waals surface area contributed by atoms with Crippen molar-refractivity contribution in [3.8, 4) is 0 Å². The fraction of sp³-hybridized carbons (Fsp3) is 0.308. The highest BCUT2D eigenvalue weighted by Crippen LogP contribution is 2.29. The van der Waals surface area contributed by atoms with Gasteiger partial charge in [-0.15, -0.1) is 11.3 Å². The van der Waals surface area contributed by atoms with Crippen molar-refractivity contribution in [2.45, 2.75) is 26.8 Å². The Labute approximate surface area is 111 Å². The average molecular weight is 267 g/mol. The van der Waals surface area contributed by atoms with Gasteiger partial charge in [0.25, 0.3) is 0 Å². The number of nitrogens with one attached hydrogen (secondary N) is 1. The highest BCUT2D eigenvalue weighted by molar-refractivity contribution is 7.12. The van der Waals surface area contributed by atoms with E-state index in [4.69, 9.17) is 11.6 Å². The number of aromatic nitrogens is 1. The van der Waals surface area contributed by atoms with Crippen LogP contribution in [-0.2, 0) is 0 Å². The molecular formula is C13H15ClN2S. The van der Waals surface area contributed by atoms with Gasteiger partial charge in [-0.2, -0.15) is 0 Å². The van der Waals surface area contributed by atoms with Crippen molar-refractivity contribution >= 4 is 28.8 Å². The Bertz CT molecular complexity index is 522. The van der Waals surface area contributed by atoms with Crippen LogP contribution in [0.1, 0.15) is 28.3 Å². The molecular weight excluding hydrogens is 252 g/mol. The van der Waals surface area contributed by atoms with Crippen LogP contribution in [0.4, 0.5) is 5.82 Å². The zero-order valence-electron chi connectivity index (χ0n) is 10.1. The monoisotopic (exact) mass is 266 g/mol. The maximum Gasteiger partial charge on any atom is 0.145 e. The summed E-state index contributed by atoms with van der Waals surface area (Å²) in [7, 11) is 0. The molecule has 2 rings (SSSR count). The normalized spacial score (nSPS) is 12.5. The molecule has 0 radical (unpaired) electrons. The average Bonchev–Trinajstić information content (AvgIpc) is 2.61. The van der Waals surface area contributed by atoms with Gasteiger partial charge in [0, 0.05) is 16.0 Å². The number of rotatable bonds is 3. The van der Waals surface area contributed by atoms with Gasteiger partial charge in [-0.3, -0.25) is 0 Å². The number of anilines is 1. The number of halogens is 1. The molecule has 0 aliphatic carbocycles. The lowest BCUT2D eigenvalue weighted by Crippen LogP contribution is -2.08. The number of thiophene rings is 1. The minimum atomic E-state index is 0.215. The van der Waals surface area contributed by atoms with Crippen LogP contribution in [0, 0.1) is 13.8 Å². The minimum Gasteiger partial charge on any atom is -0.362 e. The Morgan fingerprint density at radius 1 is 1.41 bits per heavy atom. The topological polar surface area (TPSA) is 24.9 Å². The molecule has 0 aliphatic heterocycles.